The third-order valence-corrected chi connectivity index (χ3v) is 1.23. The minimum absolute atomic E-state index is 0.197. The van der Waals surface area contributed by atoms with E-state index in [0.29, 0.717) is 5.56 Å². The lowest BCUT2D eigenvalue weighted by Gasteiger charge is -1.94. The summed E-state index contributed by atoms with van der Waals surface area (Å²) < 4.78 is 36.0. The molecule has 0 aliphatic heterocycles. The number of rotatable bonds is 2. The molecule has 0 N–H and O–H groups in total. The van der Waals surface area contributed by atoms with E-state index in [-0.39, 0.29) is 11.6 Å². The Hall–Kier alpha value is -1.55. The van der Waals surface area contributed by atoms with Gasteiger partial charge in [0.05, 0.1) is 16.6 Å². The summed E-state index contributed by atoms with van der Waals surface area (Å²) >= 11 is 0. The maximum atomic E-state index is 8.58. The largest absolute Gasteiger partial charge is 0.198 e. The van der Waals surface area contributed by atoms with Crippen LogP contribution in [0.5, 0.6) is 0 Å². The van der Waals surface area contributed by atoms with Gasteiger partial charge in [-0.3, -0.25) is 0 Å². The Kier molecular flexibility index (Phi) is 1.05. The third-order valence-electron chi connectivity index (χ3n) is 1.23. The van der Waals surface area contributed by atoms with Crippen molar-refractivity contribution >= 4 is 6.05 Å². The van der Waals surface area contributed by atoms with Crippen LogP contribution in [0.4, 0.5) is 0 Å². The lowest BCUT2D eigenvalue weighted by atomic mass is 10.1. The SMILES string of the molecule is [2H]C([2H])=C([2H])c1ccc(C([2H])([2H])C#N)cc1. The molecule has 0 aliphatic carbocycles. The van der Waals surface area contributed by atoms with E-state index in [4.69, 9.17) is 12.1 Å². The number of nitriles is 1. The van der Waals surface area contributed by atoms with Gasteiger partial charge in [-0.15, -0.1) is 0 Å². The zero-order valence-electron chi connectivity index (χ0n) is 10.8. The van der Waals surface area contributed by atoms with Gasteiger partial charge in [0.15, 0.2) is 0 Å². The highest BCUT2D eigenvalue weighted by atomic mass is 14.2. The molecule has 0 aromatic heterocycles. The maximum Gasteiger partial charge on any atom is 0.0669 e. The second-order valence-corrected chi connectivity index (χ2v) is 1.94. The van der Waals surface area contributed by atoms with Crippen molar-refractivity contribution in [1.82, 2.24) is 0 Å². The molecule has 0 radical (unpaired) electrons. The first-order valence-electron chi connectivity index (χ1n) is 5.54. The van der Waals surface area contributed by atoms with Crippen molar-refractivity contribution in [2.75, 3.05) is 0 Å². The minimum atomic E-state index is -2.06. The summed E-state index contributed by atoms with van der Waals surface area (Å²) in [6.45, 7) is -0.601. The molecule has 0 atom stereocenters. The molecule has 54 valence electrons. The predicted octanol–water partition coefficient (Wildman–Crippen LogP) is 2.40. The molecule has 0 saturated carbocycles. The smallest absolute Gasteiger partial charge is 0.0669 e. The van der Waals surface area contributed by atoms with Gasteiger partial charge in [0, 0.05) is 2.74 Å². The molecule has 0 bridgehead atoms. The molecule has 11 heavy (non-hydrogen) atoms. The predicted molar refractivity (Wildman–Crippen MR) is 45.9 cm³/mol. The van der Waals surface area contributed by atoms with Gasteiger partial charge in [-0.05, 0) is 11.1 Å². The number of hydrogen-bond donors (Lipinski definition) is 0. The molecule has 0 fully saturated rings. The van der Waals surface area contributed by atoms with E-state index in [1.54, 1.807) is 0 Å². The molecule has 0 unspecified atom stereocenters. The van der Waals surface area contributed by atoms with Crippen molar-refractivity contribution in [3.8, 4) is 6.07 Å². The van der Waals surface area contributed by atoms with E-state index in [0.717, 1.165) is 0 Å². The molecule has 1 rings (SSSR count). The van der Waals surface area contributed by atoms with Crippen LogP contribution < -0.4 is 0 Å². The fourth-order valence-electron chi connectivity index (χ4n) is 0.701. The van der Waals surface area contributed by atoms with E-state index < -0.39 is 12.9 Å². The first-order chi connectivity index (χ1) is 7.38. The van der Waals surface area contributed by atoms with Crippen molar-refractivity contribution in [3.05, 3.63) is 41.9 Å². The Morgan fingerprint density at radius 3 is 3.00 bits per heavy atom. The summed E-state index contributed by atoms with van der Waals surface area (Å²) in [6.07, 6.45) is -2.06. The van der Waals surface area contributed by atoms with Crippen LogP contribution in [0.3, 0.4) is 0 Å². The van der Waals surface area contributed by atoms with Gasteiger partial charge in [-0.2, -0.15) is 5.26 Å². The van der Waals surface area contributed by atoms with Gasteiger partial charge in [-0.25, -0.2) is 0 Å². The van der Waals surface area contributed by atoms with Gasteiger partial charge < -0.3 is 0 Å². The van der Waals surface area contributed by atoms with Crippen LogP contribution in [0.2, 0.25) is 0 Å². The zero-order valence-corrected chi connectivity index (χ0v) is 5.76. The van der Waals surface area contributed by atoms with E-state index in [1.807, 2.05) is 0 Å². The van der Waals surface area contributed by atoms with Crippen molar-refractivity contribution in [2.24, 2.45) is 0 Å². The van der Waals surface area contributed by atoms with Gasteiger partial charge in [0.2, 0.25) is 0 Å². The molecule has 0 spiro atoms. The van der Waals surface area contributed by atoms with Crippen LogP contribution in [0.1, 0.15) is 18.0 Å². The lowest BCUT2D eigenvalue weighted by Crippen LogP contribution is -1.79. The van der Waals surface area contributed by atoms with Crippen molar-refractivity contribution in [1.29, 1.82) is 5.26 Å². The fourth-order valence-corrected chi connectivity index (χ4v) is 0.701. The molecule has 1 aromatic carbocycles. The van der Waals surface area contributed by atoms with Crippen LogP contribution >= 0.6 is 0 Å². The summed E-state index contributed by atoms with van der Waals surface area (Å²) in [5, 5.41) is 8.58. The number of benzene rings is 1. The average molecular weight is 148 g/mol. The second-order valence-electron chi connectivity index (χ2n) is 1.94. The van der Waals surface area contributed by atoms with E-state index in [2.05, 4.69) is 0 Å². The Bertz CT molecular complexity index is 451. The van der Waals surface area contributed by atoms with Gasteiger partial charge >= 0.3 is 0 Å². The number of nitrogens with zero attached hydrogens (tertiary/aromatic N) is 1. The van der Waals surface area contributed by atoms with E-state index >= 15 is 0 Å². The summed E-state index contributed by atoms with van der Waals surface area (Å²) in [4.78, 5) is 0. The second kappa shape index (κ2) is 3.58. The Morgan fingerprint density at radius 1 is 1.73 bits per heavy atom. The molecule has 1 nitrogen and oxygen atoms in total. The van der Waals surface area contributed by atoms with Crippen LogP contribution in [0, 0.1) is 11.3 Å². The monoisotopic (exact) mass is 148 g/mol. The topological polar surface area (TPSA) is 23.8 Å². The molecule has 0 amide bonds. The maximum absolute atomic E-state index is 8.58. The molecular weight excluding hydrogens is 134 g/mol. The molecule has 0 saturated heterocycles. The zero-order chi connectivity index (χ0) is 12.3. The highest BCUT2D eigenvalue weighted by Gasteiger charge is 1.89. The first-order valence-corrected chi connectivity index (χ1v) is 3.04. The van der Waals surface area contributed by atoms with Gasteiger partial charge in [-0.1, -0.05) is 36.8 Å². The van der Waals surface area contributed by atoms with Gasteiger partial charge in [0.25, 0.3) is 0 Å². The lowest BCUT2D eigenvalue weighted by molar-refractivity contribution is 1.26. The average Bonchev–Trinajstić information content (AvgIpc) is 2.28. The van der Waals surface area contributed by atoms with Crippen LogP contribution in [-0.2, 0) is 6.37 Å². The van der Waals surface area contributed by atoms with Gasteiger partial charge in [0.1, 0.15) is 0 Å². The van der Waals surface area contributed by atoms with Crippen molar-refractivity contribution in [2.45, 2.75) is 6.37 Å². The highest BCUT2D eigenvalue weighted by Crippen LogP contribution is 2.05. The fraction of sp³-hybridized carbons (Fsp3) is 0.100. The standard InChI is InChI=1S/C10H9N/c1-2-9-3-5-10(6-4-9)7-8-11/h2-6H,1,7H2/i1D2,2D,7D2. The van der Waals surface area contributed by atoms with Crippen molar-refractivity contribution < 1.29 is 6.85 Å². The summed E-state index contributed by atoms with van der Waals surface area (Å²) in [6, 6.07) is 6.92. The van der Waals surface area contributed by atoms with Crippen molar-refractivity contribution in [3.63, 3.8) is 0 Å². The molecule has 0 heterocycles. The summed E-state index contributed by atoms with van der Waals surface area (Å²) in [7, 11) is 0. The Morgan fingerprint density at radius 2 is 2.45 bits per heavy atom. The first kappa shape index (κ1) is 3.23. The summed E-state index contributed by atoms with van der Waals surface area (Å²) in [5.74, 6) is 0. The summed E-state index contributed by atoms with van der Waals surface area (Å²) in [5.41, 5.74) is 0.556. The van der Waals surface area contributed by atoms with Crippen LogP contribution in [-0.4, -0.2) is 0 Å². The molecule has 0 aliphatic rings. The molecule has 1 heteroatoms. The Balaban J connectivity index is 3.12. The molecule has 1 aromatic rings. The third kappa shape index (κ3) is 1.94. The van der Waals surface area contributed by atoms with Crippen LogP contribution in [0.25, 0.3) is 6.05 Å². The number of hydrogen-bond acceptors (Lipinski definition) is 1. The molecular formula is C10H9N. The highest BCUT2D eigenvalue weighted by molar-refractivity contribution is 5.47. The normalized spacial score (nSPS) is 16.1. The quantitative estimate of drug-likeness (QED) is 0.631. The van der Waals surface area contributed by atoms with E-state index in [9.17, 15) is 0 Å². The van der Waals surface area contributed by atoms with Crippen LogP contribution in [0.15, 0.2) is 30.8 Å². The van der Waals surface area contributed by atoms with E-state index in [1.165, 1.54) is 30.3 Å². The minimum Gasteiger partial charge on any atom is -0.198 e. The Labute approximate surface area is 73.6 Å².